The van der Waals surface area contributed by atoms with Gasteiger partial charge in [-0.05, 0) is 29.8 Å². The first-order chi connectivity index (χ1) is 12.6. The first-order valence-electron chi connectivity index (χ1n) is 8.46. The van der Waals surface area contributed by atoms with Crippen LogP contribution in [-0.4, -0.2) is 38.6 Å². The predicted octanol–water partition coefficient (Wildman–Crippen LogP) is 2.17. The zero-order valence-electron chi connectivity index (χ0n) is 14.9. The van der Waals surface area contributed by atoms with Gasteiger partial charge in [-0.3, -0.25) is 9.59 Å². The maximum Gasteiger partial charge on any atom is 0.229 e. The summed E-state index contributed by atoms with van der Waals surface area (Å²) < 4.78 is 10.3. The summed E-state index contributed by atoms with van der Waals surface area (Å²) in [4.78, 5) is 26.3. The molecule has 3 rings (SSSR count). The number of nitrogens with zero attached hydrogens (tertiary/aromatic N) is 1. The summed E-state index contributed by atoms with van der Waals surface area (Å²) in [6.07, 6.45) is 0.569. The van der Waals surface area contributed by atoms with E-state index in [1.54, 1.807) is 19.1 Å². The van der Waals surface area contributed by atoms with Crippen LogP contribution in [0.25, 0.3) is 0 Å². The van der Waals surface area contributed by atoms with Crippen LogP contribution in [0.3, 0.4) is 0 Å². The molecular formula is C20H22N2O4. The van der Waals surface area contributed by atoms with Crippen LogP contribution in [0.15, 0.2) is 48.5 Å². The Bertz CT molecular complexity index is 789. The number of hydrogen-bond acceptors (Lipinski definition) is 4. The molecule has 0 bridgehead atoms. The molecule has 1 saturated heterocycles. The van der Waals surface area contributed by atoms with Crippen molar-refractivity contribution >= 4 is 17.5 Å². The summed E-state index contributed by atoms with van der Waals surface area (Å²) >= 11 is 0. The number of methoxy groups -OCH3 is 2. The minimum absolute atomic E-state index is 0.00648. The Labute approximate surface area is 152 Å². The second-order valence-electron chi connectivity index (χ2n) is 6.20. The zero-order chi connectivity index (χ0) is 18.5. The number of hydrogen-bond donors (Lipinski definition) is 1. The van der Waals surface area contributed by atoms with Gasteiger partial charge in [-0.25, -0.2) is 0 Å². The maximum absolute atomic E-state index is 12.3. The third-order valence-electron chi connectivity index (χ3n) is 4.38. The SMILES string of the molecule is COc1ccc(CC(=O)N[C@@H]2CC(=O)N(c3cccc(OC)c3)C2)cc1. The van der Waals surface area contributed by atoms with Crippen LogP contribution in [0.4, 0.5) is 5.69 Å². The number of carbonyl (C=O) groups is 2. The fourth-order valence-corrected chi connectivity index (χ4v) is 3.04. The lowest BCUT2D eigenvalue weighted by Crippen LogP contribution is -2.38. The van der Waals surface area contributed by atoms with E-state index < -0.39 is 0 Å². The number of carbonyl (C=O) groups excluding carboxylic acids is 2. The number of rotatable bonds is 6. The molecular weight excluding hydrogens is 332 g/mol. The zero-order valence-corrected chi connectivity index (χ0v) is 14.9. The number of nitrogens with one attached hydrogen (secondary N) is 1. The number of benzene rings is 2. The predicted molar refractivity (Wildman–Crippen MR) is 98.6 cm³/mol. The van der Waals surface area contributed by atoms with E-state index in [1.165, 1.54) is 0 Å². The fraction of sp³-hybridized carbons (Fsp3) is 0.300. The molecule has 0 unspecified atom stereocenters. The first kappa shape index (κ1) is 17.8. The van der Waals surface area contributed by atoms with Crippen molar-refractivity contribution < 1.29 is 19.1 Å². The molecule has 26 heavy (non-hydrogen) atoms. The lowest BCUT2D eigenvalue weighted by atomic mass is 10.1. The van der Waals surface area contributed by atoms with E-state index in [2.05, 4.69) is 5.32 Å². The standard InChI is InChI=1S/C20H22N2O4/c1-25-17-8-6-14(7-9-17)10-19(23)21-15-11-20(24)22(13-15)16-4-3-5-18(12-16)26-2/h3-9,12,15H,10-11,13H2,1-2H3,(H,21,23)/t15-/m1/s1. The highest BCUT2D eigenvalue weighted by molar-refractivity contribution is 5.97. The molecule has 2 aromatic rings. The van der Waals surface area contributed by atoms with Gasteiger partial charge in [0.25, 0.3) is 0 Å². The van der Waals surface area contributed by atoms with Crippen LogP contribution in [0.1, 0.15) is 12.0 Å². The van der Waals surface area contributed by atoms with E-state index in [9.17, 15) is 9.59 Å². The van der Waals surface area contributed by atoms with Crippen LogP contribution in [0.2, 0.25) is 0 Å². The molecule has 1 aliphatic heterocycles. The third kappa shape index (κ3) is 4.14. The van der Waals surface area contributed by atoms with Gasteiger partial charge in [-0.2, -0.15) is 0 Å². The molecule has 6 heteroatoms. The first-order valence-corrected chi connectivity index (χ1v) is 8.46. The van der Waals surface area contributed by atoms with Crippen molar-refractivity contribution in [3.63, 3.8) is 0 Å². The largest absolute Gasteiger partial charge is 0.497 e. The highest BCUT2D eigenvalue weighted by Crippen LogP contribution is 2.25. The highest BCUT2D eigenvalue weighted by atomic mass is 16.5. The van der Waals surface area contributed by atoms with Crippen molar-refractivity contribution in [1.29, 1.82) is 0 Å². The van der Waals surface area contributed by atoms with Crippen LogP contribution >= 0.6 is 0 Å². The minimum atomic E-state index is -0.195. The van der Waals surface area contributed by atoms with Crippen molar-refractivity contribution in [2.45, 2.75) is 18.9 Å². The summed E-state index contributed by atoms with van der Waals surface area (Å²) in [5.74, 6) is 1.35. The van der Waals surface area contributed by atoms with Crippen LogP contribution in [0.5, 0.6) is 11.5 Å². The van der Waals surface area contributed by atoms with Gasteiger partial charge in [0.1, 0.15) is 11.5 Å². The van der Waals surface area contributed by atoms with Gasteiger partial charge in [0, 0.05) is 24.7 Å². The maximum atomic E-state index is 12.3. The summed E-state index contributed by atoms with van der Waals surface area (Å²) in [5, 5.41) is 2.95. The molecule has 0 saturated carbocycles. The topological polar surface area (TPSA) is 67.9 Å². The molecule has 0 aliphatic carbocycles. The van der Waals surface area contributed by atoms with E-state index in [0.717, 1.165) is 17.0 Å². The average molecular weight is 354 g/mol. The van der Waals surface area contributed by atoms with Gasteiger partial charge in [-0.1, -0.05) is 18.2 Å². The van der Waals surface area contributed by atoms with Crippen molar-refractivity contribution in [3.05, 3.63) is 54.1 Å². The van der Waals surface area contributed by atoms with Crippen molar-refractivity contribution in [1.82, 2.24) is 5.32 Å². The second kappa shape index (κ2) is 7.91. The molecule has 1 N–H and O–H groups in total. The van der Waals surface area contributed by atoms with E-state index >= 15 is 0 Å². The van der Waals surface area contributed by atoms with Gasteiger partial charge in [0.15, 0.2) is 0 Å². The van der Waals surface area contributed by atoms with E-state index in [-0.39, 0.29) is 24.3 Å². The number of amides is 2. The molecule has 2 amide bonds. The van der Waals surface area contributed by atoms with Gasteiger partial charge >= 0.3 is 0 Å². The van der Waals surface area contributed by atoms with Crippen molar-refractivity contribution in [3.8, 4) is 11.5 Å². The van der Waals surface area contributed by atoms with E-state index in [1.807, 2.05) is 48.5 Å². The monoisotopic (exact) mass is 354 g/mol. The third-order valence-corrected chi connectivity index (χ3v) is 4.38. The summed E-state index contributed by atoms with van der Waals surface area (Å²) in [6, 6.07) is 14.5. The molecule has 1 aliphatic rings. The van der Waals surface area contributed by atoms with Crippen molar-refractivity contribution in [2.24, 2.45) is 0 Å². The minimum Gasteiger partial charge on any atom is -0.497 e. The van der Waals surface area contributed by atoms with Crippen LogP contribution in [-0.2, 0) is 16.0 Å². The van der Waals surface area contributed by atoms with Gasteiger partial charge in [-0.15, -0.1) is 0 Å². The Balaban J connectivity index is 1.58. The summed E-state index contributed by atoms with van der Waals surface area (Å²) in [7, 11) is 3.19. The molecule has 1 atom stereocenters. The number of anilines is 1. The smallest absolute Gasteiger partial charge is 0.229 e. The lowest BCUT2D eigenvalue weighted by Gasteiger charge is -2.18. The van der Waals surface area contributed by atoms with E-state index in [0.29, 0.717) is 18.7 Å². The quantitative estimate of drug-likeness (QED) is 0.863. The molecule has 1 heterocycles. The Kier molecular flexibility index (Phi) is 5.41. The highest BCUT2D eigenvalue weighted by Gasteiger charge is 2.31. The Morgan fingerprint density at radius 2 is 1.85 bits per heavy atom. The number of ether oxygens (including phenoxy) is 2. The Hall–Kier alpha value is -3.02. The van der Waals surface area contributed by atoms with Crippen LogP contribution in [0, 0.1) is 0 Å². The van der Waals surface area contributed by atoms with Gasteiger partial charge in [0.05, 0.1) is 26.7 Å². The average Bonchev–Trinajstić information content (AvgIpc) is 3.02. The summed E-state index contributed by atoms with van der Waals surface area (Å²) in [5.41, 5.74) is 1.68. The molecule has 0 spiro atoms. The van der Waals surface area contributed by atoms with E-state index in [4.69, 9.17) is 9.47 Å². The van der Waals surface area contributed by atoms with Gasteiger partial charge < -0.3 is 19.7 Å². The summed E-state index contributed by atoms with van der Waals surface area (Å²) in [6.45, 7) is 0.459. The fourth-order valence-electron chi connectivity index (χ4n) is 3.04. The second-order valence-corrected chi connectivity index (χ2v) is 6.20. The molecule has 0 radical (unpaired) electrons. The Morgan fingerprint density at radius 1 is 1.12 bits per heavy atom. The Morgan fingerprint density at radius 3 is 2.54 bits per heavy atom. The molecule has 0 aromatic heterocycles. The normalized spacial score (nSPS) is 16.5. The molecule has 1 fully saturated rings. The van der Waals surface area contributed by atoms with Crippen molar-refractivity contribution in [2.75, 3.05) is 25.7 Å². The molecule has 2 aromatic carbocycles. The lowest BCUT2D eigenvalue weighted by molar-refractivity contribution is -0.121. The molecule has 136 valence electrons. The van der Waals surface area contributed by atoms with Gasteiger partial charge in [0.2, 0.25) is 11.8 Å². The van der Waals surface area contributed by atoms with Crippen LogP contribution < -0.4 is 19.7 Å². The molecule has 6 nitrogen and oxygen atoms in total.